The van der Waals surface area contributed by atoms with Gasteiger partial charge in [-0.05, 0) is 18.2 Å². The number of fused-ring (bicyclic) bond motifs is 1. The lowest BCUT2D eigenvalue weighted by Gasteiger charge is -1.83. The maximum Gasteiger partial charge on any atom is 0.269 e. The molecular weight excluding hydrogens is 168 g/mol. The number of hydrogen-bond acceptors (Lipinski definition) is 4. The van der Waals surface area contributed by atoms with Crippen LogP contribution in [0.2, 0.25) is 0 Å². The fraction of sp³-hybridized carbons (Fsp3) is 0. The molecule has 0 saturated heterocycles. The largest absolute Gasteiger partial charge is 0.364 e. The summed E-state index contributed by atoms with van der Waals surface area (Å²) in [4.78, 5) is 14.7. The topological polar surface area (TPSA) is 81.8 Å². The van der Waals surface area contributed by atoms with Gasteiger partial charge < -0.3 is 5.73 Å². The number of rotatable bonds is 1. The van der Waals surface area contributed by atoms with E-state index in [4.69, 9.17) is 5.73 Å². The van der Waals surface area contributed by atoms with Crippen LogP contribution in [0.5, 0.6) is 0 Å². The van der Waals surface area contributed by atoms with Gasteiger partial charge in [0.2, 0.25) is 0 Å². The van der Waals surface area contributed by atoms with Crippen molar-refractivity contribution in [1.29, 1.82) is 0 Å². The molecule has 0 radical (unpaired) electrons. The minimum absolute atomic E-state index is 0.137. The Morgan fingerprint density at radius 1 is 1.15 bits per heavy atom. The second-order valence-electron chi connectivity index (χ2n) is 2.50. The molecule has 2 heterocycles. The first-order chi connectivity index (χ1) is 6.27. The predicted molar refractivity (Wildman–Crippen MR) is 45.0 cm³/mol. The van der Waals surface area contributed by atoms with E-state index in [0.717, 1.165) is 0 Å². The van der Waals surface area contributed by atoms with E-state index in [1.807, 2.05) is 0 Å². The summed E-state index contributed by atoms with van der Waals surface area (Å²) in [6.07, 6.45) is 1.63. The minimum Gasteiger partial charge on any atom is -0.364 e. The molecule has 0 aromatic heterocycles. The predicted octanol–water partition coefficient (Wildman–Crippen LogP) is 0.0753. The minimum atomic E-state index is -0.592. The van der Waals surface area contributed by atoms with Crippen LogP contribution in [-0.2, 0) is 0 Å². The van der Waals surface area contributed by atoms with Crippen molar-refractivity contribution in [2.75, 3.05) is 0 Å². The lowest BCUT2D eigenvalue weighted by Crippen LogP contribution is -2.12. The van der Waals surface area contributed by atoms with Crippen molar-refractivity contribution >= 4 is 5.91 Å². The van der Waals surface area contributed by atoms with Gasteiger partial charge in [-0.15, -0.1) is 10.2 Å². The SMILES string of the molecule is NC(=O)c1ccc2nccc-2nn1. The van der Waals surface area contributed by atoms with Crippen molar-refractivity contribution in [3.05, 3.63) is 30.1 Å². The van der Waals surface area contributed by atoms with Crippen LogP contribution in [-0.4, -0.2) is 21.1 Å². The van der Waals surface area contributed by atoms with E-state index in [-0.39, 0.29) is 5.69 Å². The van der Waals surface area contributed by atoms with E-state index in [9.17, 15) is 4.79 Å². The maximum atomic E-state index is 10.7. The number of aromatic nitrogens is 3. The van der Waals surface area contributed by atoms with E-state index in [1.54, 1.807) is 18.3 Å². The van der Waals surface area contributed by atoms with Crippen molar-refractivity contribution in [2.24, 2.45) is 5.73 Å². The highest BCUT2D eigenvalue weighted by atomic mass is 16.1. The number of carbonyl (C=O) groups is 1. The van der Waals surface area contributed by atoms with Gasteiger partial charge in [-0.25, -0.2) is 0 Å². The summed E-state index contributed by atoms with van der Waals surface area (Å²) in [5, 5.41) is 7.49. The number of amides is 1. The van der Waals surface area contributed by atoms with E-state index < -0.39 is 5.91 Å². The summed E-state index contributed by atoms with van der Waals surface area (Å²) in [5.41, 5.74) is 6.52. The lowest BCUT2D eigenvalue weighted by atomic mass is 10.3. The Bertz CT molecular complexity index is 398. The molecule has 64 valence electrons. The van der Waals surface area contributed by atoms with E-state index in [0.29, 0.717) is 11.4 Å². The number of primary amides is 1. The first kappa shape index (κ1) is 7.60. The maximum absolute atomic E-state index is 10.7. The summed E-state index contributed by atoms with van der Waals surface area (Å²) in [7, 11) is 0. The van der Waals surface area contributed by atoms with Crippen LogP contribution in [0.1, 0.15) is 10.5 Å². The molecule has 0 spiro atoms. The van der Waals surface area contributed by atoms with Crippen molar-refractivity contribution in [1.82, 2.24) is 15.2 Å². The molecular formula is C8H6N4O. The van der Waals surface area contributed by atoms with Gasteiger partial charge in [0.25, 0.3) is 5.91 Å². The summed E-state index contributed by atoms with van der Waals surface area (Å²) >= 11 is 0. The Morgan fingerprint density at radius 3 is 2.77 bits per heavy atom. The molecule has 0 atom stereocenters. The molecule has 1 amide bonds. The van der Waals surface area contributed by atoms with Crippen molar-refractivity contribution in [2.45, 2.75) is 0 Å². The first-order valence-electron chi connectivity index (χ1n) is 3.65. The zero-order valence-corrected chi connectivity index (χ0v) is 6.64. The van der Waals surface area contributed by atoms with Crippen molar-refractivity contribution in [3.63, 3.8) is 0 Å². The van der Waals surface area contributed by atoms with Crippen LogP contribution in [0.4, 0.5) is 0 Å². The summed E-state index contributed by atoms with van der Waals surface area (Å²) in [6, 6.07) is 4.88. The Balaban J connectivity index is 2.61. The van der Waals surface area contributed by atoms with E-state index in [1.165, 1.54) is 6.07 Å². The third-order valence-electron chi connectivity index (χ3n) is 1.63. The average molecular weight is 174 g/mol. The lowest BCUT2D eigenvalue weighted by molar-refractivity contribution is 0.0995. The molecule has 2 rings (SSSR count). The summed E-state index contributed by atoms with van der Waals surface area (Å²) in [6.45, 7) is 0. The third-order valence-corrected chi connectivity index (χ3v) is 1.63. The van der Waals surface area contributed by atoms with Gasteiger partial charge in [-0.3, -0.25) is 9.78 Å². The van der Waals surface area contributed by atoms with Gasteiger partial charge in [0.1, 0.15) is 5.69 Å². The van der Waals surface area contributed by atoms with Crippen molar-refractivity contribution in [3.8, 4) is 11.4 Å². The number of nitrogens with two attached hydrogens (primary N) is 1. The highest BCUT2D eigenvalue weighted by Crippen LogP contribution is 2.13. The molecule has 5 heteroatoms. The smallest absolute Gasteiger partial charge is 0.269 e. The number of nitrogens with zero attached hydrogens (tertiary/aromatic N) is 3. The molecule has 0 fully saturated rings. The second-order valence-corrected chi connectivity index (χ2v) is 2.50. The normalized spacial score (nSPS) is 10.2. The summed E-state index contributed by atoms with van der Waals surface area (Å²) < 4.78 is 0. The van der Waals surface area contributed by atoms with Crippen LogP contribution >= 0.6 is 0 Å². The Hall–Kier alpha value is -2.04. The molecule has 0 bridgehead atoms. The monoisotopic (exact) mass is 174 g/mol. The standard InChI is InChI=1S/C8H6N4O/c9-8(13)7-2-1-5-6(11-12-7)3-4-10-5/h1-4H,(H2,9,13). The van der Waals surface area contributed by atoms with Gasteiger partial charge in [0.15, 0.2) is 5.69 Å². The van der Waals surface area contributed by atoms with E-state index >= 15 is 0 Å². The zero-order valence-electron chi connectivity index (χ0n) is 6.64. The quantitative estimate of drug-likeness (QED) is 0.663. The number of carbonyl (C=O) groups excluding carboxylic acids is 1. The van der Waals surface area contributed by atoms with Crippen LogP contribution in [0, 0.1) is 0 Å². The molecule has 0 unspecified atom stereocenters. The second kappa shape index (κ2) is 2.78. The third kappa shape index (κ3) is 1.31. The molecule has 0 aromatic rings. The molecule has 5 nitrogen and oxygen atoms in total. The molecule has 13 heavy (non-hydrogen) atoms. The summed E-state index contributed by atoms with van der Waals surface area (Å²) in [5.74, 6) is -0.592. The highest BCUT2D eigenvalue weighted by molar-refractivity contribution is 5.90. The molecule has 0 aliphatic carbocycles. The molecule has 0 aromatic carbocycles. The zero-order chi connectivity index (χ0) is 9.26. The Labute approximate surface area is 74.0 Å². The fourth-order valence-electron chi connectivity index (χ4n) is 0.983. The van der Waals surface area contributed by atoms with E-state index in [2.05, 4.69) is 15.2 Å². The molecule has 2 aliphatic rings. The first-order valence-corrected chi connectivity index (χ1v) is 3.65. The molecule has 0 saturated carbocycles. The Morgan fingerprint density at radius 2 is 2.00 bits per heavy atom. The highest BCUT2D eigenvalue weighted by Gasteiger charge is 2.05. The Kier molecular flexibility index (Phi) is 1.63. The van der Waals surface area contributed by atoms with Crippen LogP contribution in [0.3, 0.4) is 0 Å². The van der Waals surface area contributed by atoms with Crippen molar-refractivity contribution < 1.29 is 4.79 Å². The van der Waals surface area contributed by atoms with Crippen LogP contribution in [0.25, 0.3) is 11.4 Å². The average Bonchev–Trinajstić information content (AvgIpc) is 2.44. The van der Waals surface area contributed by atoms with Gasteiger partial charge in [0, 0.05) is 6.20 Å². The number of hydrogen-bond donors (Lipinski definition) is 1. The molecule has 2 N–H and O–H groups in total. The van der Waals surface area contributed by atoms with Gasteiger partial charge >= 0.3 is 0 Å². The van der Waals surface area contributed by atoms with Gasteiger partial charge in [0.05, 0.1) is 5.69 Å². The van der Waals surface area contributed by atoms with Crippen LogP contribution < -0.4 is 5.73 Å². The van der Waals surface area contributed by atoms with Gasteiger partial charge in [-0.1, -0.05) is 0 Å². The molecule has 2 aliphatic heterocycles. The fourth-order valence-corrected chi connectivity index (χ4v) is 0.983. The van der Waals surface area contributed by atoms with Crippen LogP contribution in [0.15, 0.2) is 24.4 Å². The van der Waals surface area contributed by atoms with Gasteiger partial charge in [-0.2, -0.15) is 0 Å².